The zero-order chi connectivity index (χ0) is 14.8. The maximum atomic E-state index is 5.21. The van der Waals surface area contributed by atoms with Gasteiger partial charge in [0.15, 0.2) is 0 Å². The van der Waals surface area contributed by atoms with Gasteiger partial charge in [-0.1, -0.05) is 55.7 Å². The van der Waals surface area contributed by atoms with Crippen LogP contribution in [0.3, 0.4) is 0 Å². The van der Waals surface area contributed by atoms with Crippen molar-refractivity contribution in [3.05, 3.63) is 54.1 Å². The molecule has 4 rings (SSSR count). The molecule has 114 valence electrons. The third kappa shape index (κ3) is 2.80. The molecule has 1 fully saturated rings. The average molecular weight is 293 g/mol. The van der Waals surface area contributed by atoms with Crippen LogP contribution in [0, 0.1) is 5.92 Å². The molecule has 3 aliphatic rings. The molecular weight excluding hydrogens is 268 g/mol. The summed E-state index contributed by atoms with van der Waals surface area (Å²) in [5.41, 5.74) is 4.10. The van der Waals surface area contributed by atoms with Crippen molar-refractivity contribution in [3.8, 4) is 0 Å². The Hall–Kier alpha value is -1.67. The fraction of sp³-hybridized carbons (Fsp3) is 0.450. The highest BCUT2D eigenvalue weighted by Gasteiger charge is 2.32. The van der Waals surface area contributed by atoms with Gasteiger partial charge in [0.05, 0.1) is 17.3 Å². The first kappa shape index (κ1) is 14.0. The molecule has 2 N–H and O–H groups in total. The Labute approximate surface area is 133 Å². The first-order valence-electron chi connectivity index (χ1n) is 8.76. The van der Waals surface area contributed by atoms with Crippen LogP contribution in [-0.4, -0.2) is 17.8 Å². The average Bonchev–Trinajstić information content (AvgIpc) is 3.10. The van der Waals surface area contributed by atoms with E-state index in [9.17, 15) is 0 Å². The van der Waals surface area contributed by atoms with E-state index in [2.05, 4.69) is 53.9 Å². The molecule has 0 bridgehead atoms. The molecule has 0 spiro atoms. The monoisotopic (exact) mass is 293 g/mol. The lowest BCUT2D eigenvalue weighted by Gasteiger charge is -2.28. The van der Waals surface area contributed by atoms with Gasteiger partial charge >= 0.3 is 0 Å². The number of aliphatic imine (C=N–C) groups is 1. The molecule has 1 heterocycles. The van der Waals surface area contributed by atoms with E-state index < -0.39 is 0 Å². The zero-order valence-corrected chi connectivity index (χ0v) is 13.1. The number of para-hydroxylation sites is 1. The Morgan fingerprint density at radius 2 is 1.73 bits per heavy atom. The van der Waals surface area contributed by atoms with Gasteiger partial charge in [-0.25, -0.2) is 0 Å². The molecule has 1 unspecified atom stereocenters. The van der Waals surface area contributed by atoms with Crippen LogP contribution in [0.1, 0.15) is 44.1 Å². The summed E-state index contributed by atoms with van der Waals surface area (Å²) < 4.78 is 0. The fourth-order valence-electron chi connectivity index (χ4n) is 4.06. The predicted octanol–water partition coefficient (Wildman–Crippen LogP) is 3.52. The Morgan fingerprint density at radius 1 is 0.955 bits per heavy atom. The number of nitrogens with zero attached hydrogens (tertiary/aromatic N) is 1. The van der Waals surface area contributed by atoms with Crippen molar-refractivity contribution in [3.63, 3.8) is 0 Å². The second kappa shape index (κ2) is 6.21. The molecular formula is C20H25N2+. The Kier molecular flexibility index (Phi) is 3.94. The molecule has 1 aromatic carbocycles. The molecule has 0 aromatic heterocycles. The summed E-state index contributed by atoms with van der Waals surface area (Å²) in [6, 6.07) is 9.93. The minimum atomic E-state index is 0.546. The van der Waals surface area contributed by atoms with Crippen LogP contribution in [0.5, 0.6) is 0 Å². The SMILES string of the molecule is C1=CC(C2CC(=NC3CCCCC3)c3ccccc3[NH2+]2)C=C1. The third-order valence-corrected chi connectivity index (χ3v) is 5.28. The summed E-state index contributed by atoms with van der Waals surface area (Å²) >= 11 is 0. The van der Waals surface area contributed by atoms with Gasteiger partial charge in [-0.05, 0) is 25.0 Å². The van der Waals surface area contributed by atoms with Crippen LogP contribution in [-0.2, 0) is 0 Å². The van der Waals surface area contributed by atoms with Gasteiger partial charge in [-0.2, -0.15) is 0 Å². The first-order valence-corrected chi connectivity index (χ1v) is 8.76. The van der Waals surface area contributed by atoms with Crippen molar-refractivity contribution in [2.24, 2.45) is 10.9 Å². The summed E-state index contributed by atoms with van der Waals surface area (Å²) in [7, 11) is 0. The highest BCUT2D eigenvalue weighted by atomic mass is 15.0. The van der Waals surface area contributed by atoms with E-state index in [1.807, 2.05) is 0 Å². The van der Waals surface area contributed by atoms with E-state index in [-0.39, 0.29) is 0 Å². The quantitative estimate of drug-likeness (QED) is 0.809. The molecule has 2 nitrogen and oxygen atoms in total. The molecule has 1 atom stereocenters. The van der Waals surface area contributed by atoms with E-state index in [0.29, 0.717) is 18.0 Å². The summed E-state index contributed by atoms with van der Waals surface area (Å²) in [6.07, 6.45) is 16.8. The number of allylic oxidation sites excluding steroid dienone is 2. The molecule has 1 aliphatic heterocycles. The third-order valence-electron chi connectivity index (χ3n) is 5.28. The second-order valence-electron chi connectivity index (χ2n) is 6.84. The standard InChI is InChI=1S/C20H24N2/c1-2-10-16(11-3-1)21-20-14-19(15-8-4-5-9-15)22-18-13-7-6-12-17(18)20/h4-9,12-13,15-16,19,22H,1-3,10-11,14H2/p+1. The lowest BCUT2D eigenvalue weighted by Crippen LogP contribution is -2.88. The lowest BCUT2D eigenvalue weighted by atomic mass is 9.88. The minimum absolute atomic E-state index is 0.546. The van der Waals surface area contributed by atoms with Crippen molar-refractivity contribution in [1.29, 1.82) is 0 Å². The van der Waals surface area contributed by atoms with Crippen molar-refractivity contribution < 1.29 is 5.32 Å². The fourth-order valence-corrected chi connectivity index (χ4v) is 4.06. The molecule has 22 heavy (non-hydrogen) atoms. The number of quaternary nitrogens is 1. The topological polar surface area (TPSA) is 29.0 Å². The molecule has 0 amide bonds. The van der Waals surface area contributed by atoms with Gasteiger partial charge in [-0.15, -0.1) is 0 Å². The number of rotatable bonds is 2. The van der Waals surface area contributed by atoms with E-state index in [1.54, 1.807) is 0 Å². The largest absolute Gasteiger partial charge is 0.310 e. The first-order chi connectivity index (χ1) is 10.9. The summed E-state index contributed by atoms with van der Waals surface area (Å²) in [5.74, 6) is 0.546. The maximum absolute atomic E-state index is 5.21. The van der Waals surface area contributed by atoms with Gasteiger partial charge in [-0.3, -0.25) is 4.99 Å². The predicted molar refractivity (Wildman–Crippen MR) is 91.6 cm³/mol. The van der Waals surface area contributed by atoms with Gasteiger partial charge < -0.3 is 5.32 Å². The summed E-state index contributed by atoms with van der Waals surface area (Å²) in [6.45, 7) is 0. The lowest BCUT2D eigenvalue weighted by molar-refractivity contribution is -0.615. The van der Waals surface area contributed by atoms with Crippen LogP contribution < -0.4 is 5.32 Å². The van der Waals surface area contributed by atoms with E-state index >= 15 is 0 Å². The Balaban J connectivity index is 1.64. The van der Waals surface area contributed by atoms with Crippen molar-refractivity contribution >= 4 is 11.4 Å². The molecule has 1 saturated carbocycles. The maximum Gasteiger partial charge on any atom is 0.138 e. The van der Waals surface area contributed by atoms with Crippen LogP contribution in [0.25, 0.3) is 0 Å². The Morgan fingerprint density at radius 3 is 2.55 bits per heavy atom. The zero-order valence-electron chi connectivity index (χ0n) is 13.1. The number of fused-ring (bicyclic) bond motifs is 1. The van der Waals surface area contributed by atoms with Gasteiger partial charge in [0.25, 0.3) is 0 Å². The van der Waals surface area contributed by atoms with E-state index in [1.165, 1.54) is 49.1 Å². The van der Waals surface area contributed by atoms with Crippen LogP contribution in [0.4, 0.5) is 5.69 Å². The van der Waals surface area contributed by atoms with Crippen LogP contribution in [0.2, 0.25) is 0 Å². The number of hydrogen-bond donors (Lipinski definition) is 1. The van der Waals surface area contributed by atoms with Gasteiger partial charge in [0.1, 0.15) is 11.7 Å². The molecule has 2 aliphatic carbocycles. The van der Waals surface area contributed by atoms with Crippen molar-refractivity contribution in [2.45, 2.75) is 50.6 Å². The van der Waals surface area contributed by atoms with Crippen molar-refractivity contribution in [2.75, 3.05) is 0 Å². The smallest absolute Gasteiger partial charge is 0.138 e. The Bertz CT molecular complexity index is 608. The number of hydrogen-bond acceptors (Lipinski definition) is 1. The molecule has 2 heteroatoms. The van der Waals surface area contributed by atoms with Crippen LogP contribution >= 0.6 is 0 Å². The van der Waals surface area contributed by atoms with Crippen LogP contribution in [0.15, 0.2) is 53.6 Å². The molecule has 1 aromatic rings. The van der Waals surface area contributed by atoms with E-state index in [0.717, 1.165) is 6.42 Å². The highest BCUT2D eigenvalue weighted by Crippen LogP contribution is 2.27. The van der Waals surface area contributed by atoms with Crippen molar-refractivity contribution in [1.82, 2.24) is 0 Å². The van der Waals surface area contributed by atoms with E-state index in [4.69, 9.17) is 4.99 Å². The second-order valence-corrected chi connectivity index (χ2v) is 6.84. The summed E-state index contributed by atoms with van der Waals surface area (Å²) in [5, 5.41) is 2.46. The highest BCUT2D eigenvalue weighted by molar-refractivity contribution is 6.04. The van der Waals surface area contributed by atoms with Gasteiger partial charge in [0, 0.05) is 12.3 Å². The summed E-state index contributed by atoms with van der Waals surface area (Å²) in [4.78, 5) is 5.21. The van der Waals surface area contributed by atoms with Gasteiger partial charge in [0.2, 0.25) is 0 Å². The molecule has 0 radical (unpaired) electrons. The normalized spacial score (nSPS) is 27.5. The minimum Gasteiger partial charge on any atom is -0.310 e. The molecule has 0 saturated heterocycles. The number of benzene rings is 1. The number of nitrogens with two attached hydrogens (primary N) is 1.